The first-order valence-corrected chi connectivity index (χ1v) is 34.4. The summed E-state index contributed by atoms with van der Waals surface area (Å²) in [5.74, 6) is 3.84. The number of fused-ring (bicyclic) bond motifs is 10. The average molecular weight is 1300 g/mol. The summed E-state index contributed by atoms with van der Waals surface area (Å²) in [7, 11) is 0. The van der Waals surface area contributed by atoms with Crippen molar-refractivity contribution in [3.63, 3.8) is 0 Å². The lowest BCUT2D eigenvalue weighted by Gasteiger charge is -2.15. The largest absolute Gasteiger partial charge is 0.309 e. The minimum absolute atomic E-state index is 0.638. The third-order valence-corrected chi connectivity index (χ3v) is 19.7. The lowest BCUT2D eigenvalue weighted by Crippen LogP contribution is -2.02. The smallest absolute Gasteiger partial charge is 0.164 e. The molecule has 0 aliphatic heterocycles. The van der Waals surface area contributed by atoms with Crippen molar-refractivity contribution < 1.29 is 0 Å². The molecular formula is C94H60N8. The Morgan fingerprint density at radius 3 is 0.892 bits per heavy atom. The minimum Gasteiger partial charge on any atom is -0.309 e. The van der Waals surface area contributed by atoms with E-state index < -0.39 is 0 Å². The first-order chi connectivity index (χ1) is 50.6. The van der Waals surface area contributed by atoms with E-state index in [1.54, 1.807) is 0 Å². The Morgan fingerprint density at radius 2 is 0.451 bits per heavy atom. The number of hydrogen-bond acceptors (Lipinski definition) is 6. The summed E-state index contributed by atoms with van der Waals surface area (Å²) < 4.78 is 4.82. The van der Waals surface area contributed by atoms with Crippen LogP contribution in [0.2, 0.25) is 0 Å². The van der Waals surface area contributed by atoms with E-state index in [-0.39, 0.29) is 0 Å². The molecular weight excluding hydrogens is 1240 g/mol. The van der Waals surface area contributed by atoms with E-state index in [0.717, 1.165) is 83.0 Å². The Bertz CT molecular complexity index is 6610. The summed E-state index contributed by atoms with van der Waals surface area (Å²) in [4.78, 5) is 30.6. The Labute approximate surface area is 588 Å². The highest BCUT2D eigenvalue weighted by molar-refractivity contribution is 6.17. The SMILES string of the molecule is c1ccc(-c2ccc(-c3nc(-c4ccccc4)nc(-c4ccc(-n5c6ccccc6c6cc7ccccc7cc65)c5ccccc45)n3)cc2)cc1.c1ccc(-c2cccc(-c3nc(-c4ccccc4)nc(-c4ccc(-n5c6ccccc6c6cc7ccccc7cc65)c5ccccc45)n3)c2)cc1. The second-order valence-corrected chi connectivity index (χ2v) is 25.7. The van der Waals surface area contributed by atoms with Crippen molar-refractivity contribution >= 4 is 86.7 Å². The van der Waals surface area contributed by atoms with E-state index in [2.05, 4.69) is 325 Å². The normalized spacial score (nSPS) is 11.5. The van der Waals surface area contributed by atoms with Crippen molar-refractivity contribution in [2.24, 2.45) is 0 Å². The molecule has 20 aromatic rings. The molecule has 20 rings (SSSR count). The molecule has 0 aliphatic rings. The van der Waals surface area contributed by atoms with Gasteiger partial charge in [-0.2, -0.15) is 0 Å². The molecule has 476 valence electrons. The molecule has 0 unspecified atom stereocenters. The third kappa shape index (κ3) is 10.7. The Morgan fingerprint density at radius 1 is 0.157 bits per heavy atom. The minimum atomic E-state index is 0.638. The van der Waals surface area contributed by atoms with Crippen LogP contribution in [-0.4, -0.2) is 39.0 Å². The zero-order valence-electron chi connectivity index (χ0n) is 55.2. The van der Waals surface area contributed by atoms with Gasteiger partial charge in [-0.3, -0.25) is 0 Å². The molecule has 0 spiro atoms. The van der Waals surface area contributed by atoms with Crippen LogP contribution in [0.15, 0.2) is 364 Å². The molecule has 8 heteroatoms. The number of para-hydroxylation sites is 2. The predicted molar refractivity (Wildman–Crippen MR) is 422 cm³/mol. The number of aromatic nitrogens is 8. The lowest BCUT2D eigenvalue weighted by atomic mass is 10.0. The third-order valence-electron chi connectivity index (χ3n) is 19.7. The van der Waals surface area contributed by atoms with Crippen LogP contribution in [0.1, 0.15) is 0 Å². The summed E-state index contributed by atoms with van der Waals surface area (Å²) in [6.45, 7) is 0. The van der Waals surface area contributed by atoms with Gasteiger partial charge in [0.15, 0.2) is 34.9 Å². The molecule has 0 saturated carbocycles. The van der Waals surface area contributed by atoms with Crippen LogP contribution < -0.4 is 0 Å². The zero-order chi connectivity index (χ0) is 67.5. The predicted octanol–water partition coefficient (Wildman–Crippen LogP) is 23.9. The van der Waals surface area contributed by atoms with Gasteiger partial charge in [-0.1, -0.05) is 297 Å². The molecule has 0 atom stereocenters. The van der Waals surface area contributed by atoms with Gasteiger partial charge in [0.25, 0.3) is 0 Å². The quantitative estimate of drug-likeness (QED) is 0.136. The fourth-order valence-corrected chi connectivity index (χ4v) is 14.8. The molecule has 0 fully saturated rings. The lowest BCUT2D eigenvalue weighted by molar-refractivity contribution is 1.08. The first kappa shape index (κ1) is 59.4. The van der Waals surface area contributed by atoms with Crippen LogP contribution in [0, 0.1) is 0 Å². The van der Waals surface area contributed by atoms with E-state index in [1.165, 1.54) is 70.7 Å². The maximum absolute atomic E-state index is 5.18. The summed E-state index contributed by atoms with van der Waals surface area (Å²) >= 11 is 0. The molecule has 16 aromatic carbocycles. The second-order valence-electron chi connectivity index (χ2n) is 25.7. The molecule has 4 heterocycles. The summed E-state index contributed by atoms with van der Waals surface area (Å²) in [6.07, 6.45) is 0. The van der Waals surface area contributed by atoms with Crippen LogP contribution >= 0.6 is 0 Å². The van der Waals surface area contributed by atoms with Gasteiger partial charge in [-0.05, 0) is 121 Å². The molecule has 0 amide bonds. The van der Waals surface area contributed by atoms with Crippen molar-refractivity contribution in [3.8, 4) is 102 Å². The van der Waals surface area contributed by atoms with Crippen LogP contribution in [0.25, 0.3) is 189 Å². The summed E-state index contributed by atoms with van der Waals surface area (Å²) in [5.41, 5.74) is 17.2. The van der Waals surface area contributed by atoms with Gasteiger partial charge in [0.2, 0.25) is 0 Å². The van der Waals surface area contributed by atoms with Crippen LogP contribution in [0.3, 0.4) is 0 Å². The van der Waals surface area contributed by atoms with Crippen molar-refractivity contribution in [3.05, 3.63) is 364 Å². The standard InChI is InChI=1S/2C47H30N4/c1-3-14-31(15-4-1)33-20-13-21-36(28-33)46-48-45(32-16-5-2-6-17-32)49-47(50-46)40-26-27-43(38-23-10-9-22-37(38)40)51-42-25-12-11-24-39(42)41-29-34-18-7-8-19-35(34)30-44(41)51;1-3-13-31(14-4-1)32-23-25-34(26-24-32)46-48-45(33-15-5-2-6-16-33)49-47(50-46)40-27-28-43(38-20-10-9-19-37(38)40)51-42-22-12-11-21-39(42)41-29-35-17-7-8-18-36(35)30-44(41)51/h2*1-30H. The monoisotopic (exact) mass is 1300 g/mol. The van der Waals surface area contributed by atoms with Gasteiger partial charge in [0, 0.05) is 65.7 Å². The molecule has 4 aromatic heterocycles. The highest BCUT2D eigenvalue weighted by Crippen LogP contribution is 2.43. The fourth-order valence-electron chi connectivity index (χ4n) is 14.8. The molecule has 0 bridgehead atoms. The molecule has 0 saturated heterocycles. The van der Waals surface area contributed by atoms with Gasteiger partial charge >= 0.3 is 0 Å². The number of nitrogens with zero attached hydrogens (tertiary/aromatic N) is 8. The Hall–Kier alpha value is -13.8. The topological polar surface area (TPSA) is 87.2 Å². The first-order valence-electron chi connectivity index (χ1n) is 34.4. The molecule has 8 nitrogen and oxygen atoms in total. The van der Waals surface area contributed by atoms with Gasteiger partial charge in [-0.15, -0.1) is 0 Å². The molecule has 0 N–H and O–H groups in total. The van der Waals surface area contributed by atoms with Crippen LogP contribution in [-0.2, 0) is 0 Å². The fraction of sp³-hybridized carbons (Fsp3) is 0. The van der Waals surface area contributed by atoms with Crippen LogP contribution in [0.5, 0.6) is 0 Å². The van der Waals surface area contributed by atoms with Crippen molar-refractivity contribution in [2.45, 2.75) is 0 Å². The Balaban J connectivity index is 0.000000141. The number of benzene rings is 16. The average Bonchev–Trinajstić information content (AvgIpc) is 1.56. The van der Waals surface area contributed by atoms with Crippen molar-refractivity contribution in [2.75, 3.05) is 0 Å². The maximum atomic E-state index is 5.18. The highest BCUT2D eigenvalue weighted by Gasteiger charge is 2.23. The summed E-state index contributed by atoms with van der Waals surface area (Å²) in [6, 6.07) is 128. The number of hydrogen-bond donors (Lipinski definition) is 0. The van der Waals surface area contributed by atoms with Crippen LogP contribution in [0.4, 0.5) is 0 Å². The van der Waals surface area contributed by atoms with Crippen molar-refractivity contribution in [1.82, 2.24) is 39.0 Å². The van der Waals surface area contributed by atoms with Crippen molar-refractivity contribution in [1.29, 1.82) is 0 Å². The van der Waals surface area contributed by atoms with E-state index in [4.69, 9.17) is 29.9 Å². The van der Waals surface area contributed by atoms with E-state index in [9.17, 15) is 0 Å². The van der Waals surface area contributed by atoms with E-state index in [1.807, 2.05) is 48.5 Å². The van der Waals surface area contributed by atoms with Gasteiger partial charge in [-0.25, -0.2) is 29.9 Å². The van der Waals surface area contributed by atoms with Gasteiger partial charge in [0.05, 0.1) is 33.4 Å². The highest BCUT2D eigenvalue weighted by atomic mass is 15.1. The maximum Gasteiger partial charge on any atom is 0.164 e. The molecule has 0 radical (unpaired) electrons. The molecule has 102 heavy (non-hydrogen) atoms. The second kappa shape index (κ2) is 25.2. The Kier molecular flexibility index (Phi) is 14.7. The molecule has 0 aliphatic carbocycles. The van der Waals surface area contributed by atoms with Gasteiger partial charge < -0.3 is 9.13 Å². The van der Waals surface area contributed by atoms with Gasteiger partial charge in [0.1, 0.15) is 0 Å². The zero-order valence-corrected chi connectivity index (χ0v) is 55.2. The van der Waals surface area contributed by atoms with E-state index in [0.29, 0.717) is 34.9 Å². The van der Waals surface area contributed by atoms with E-state index >= 15 is 0 Å². The summed E-state index contributed by atoms with van der Waals surface area (Å²) in [5, 5.41) is 14.3. The number of rotatable bonds is 10.